The Morgan fingerprint density at radius 2 is 2.03 bits per heavy atom. The number of hydrogen-bond donors (Lipinski definition) is 2. The highest BCUT2D eigenvalue weighted by molar-refractivity contribution is 7.21. The molecule has 5 aromatic rings. The van der Waals surface area contributed by atoms with Crippen molar-refractivity contribution in [3.05, 3.63) is 77.2 Å². The van der Waals surface area contributed by atoms with Crippen LogP contribution in [0.25, 0.3) is 31.5 Å². The number of aryl methyl sites for hydroxylation is 2. The zero-order chi connectivity index (χ0) is 25.2. The highest BCUT2D eigenvalue weighted by atomic mass is 32.1. The number of amides is 1. The largest absolute Gasteiger partial charge is 0.321 e. The first-order chi connectivity index (χ1) is 18.1. The number of carbonyl (C=O) groups excluding carboxylic acids is 1. The molecular formula is C28H26N6OS2. The Balaban J connectivity index is 1.23. The fourth-order valence-corrected chi connectivity index (χ4v) is 6.51. The number of nitrogens with one attached hydrogen (secondary N) is 2. The number of pyridine rings is 2. The summed E-state index contributed by atoms with van der Waals surface area (Å²) in [5.74, 6) is 0.570. The first-order valence-electron chi connectivity index (χ1n) is 12.4. The summed E-state index contributed by atoms with van der Waals surface area (Å²) in [5.41, 5.74) is 5.33. The number of aromatic nitrogens is 4. The average Bonchev–Trinajstić information content (AvgIpc) is 3.68. The molecule has 2 N–H and O–H groups in total. The van der Waals surface area contributed by atoms with Crippen LogP contribution in [0, 0.1) is 12.8 Å². The predicted molar refractivity (Wildman–Crippen MR) is 150 cm³/mol. The average molecular weight is 527 g/mol. The van der Waals surface area contributed by atoms with Gasteiger partial charge in [-0.1, -0.05) is 23.5 Å². The molecule has 7 nitrogen and oxygen atoms in total. The molecule has 1 aromatic carbocycles. The van der Waals surface area contributed by atoms with E-state index in [1.165, 1.54) is 29.7 Å². The number of fused-ring (bicyclic) bond motifs is 1. The highest BCUT2D eigenvalue weighted by Gasteiger charge is 2.19. The van der Waals surface area contributed by atoms with E-state index >= 15 is 0 Å². The third kappa shape index (κ3) is 5.16. The molecule has 0 aliphatic carbocycles. The molecule has 1 amide bonds. The van der Waals surface area contributed by atoms with E-state index in [0.717, 1.165) is 62.6 Å². The van der Waals surface area contributed by atoms with Crippen LogP contribution in [0.3, 0.4) is 0 Å². The monoisotopic (exact) mass is 526 g/mol. The molecule has 186 valence electrons. The van der Waals surface area contributed by atoms with E-state index in [2.05, 4.69) is 26.7 Å². The maximum atomic E-state index is 13.3. The van der Waals surface area contributed by atoms with E-state index in [-0.39, 0.29) is 5.91 Å². The SMILES string of the molecule is Cc1nc(-c2cccnc2)sc1C(=O)Nc1ccccc1-c1nc2cc(CC[C@H]3CCNC3)cnc2s1. The van der Waals surface area contributed by atoms with Crippen LogP contribution in [0.4, 0.5) is 5.69 Å². The number of para-hydroxylation sites is 1. The summed E-state index contributed by atoms with van der Waals surface area (Å²) in [6, 6.07) is 13.7. The van der Waals surface area contributed by atoms with Crippen molar-refractivity contribution >= 4 is 44.6 Å². The second kappa shape index (κ2) is 10.5. The number of thiazole rings is 2. The molecule has 1 aliphatic heterocycles. The third-order valence-corrected chi connectivity index (χ3v) is 8.84. The molecular weight excluding hydrogens is 500 g/mol. The molecule has 0 bridgehead atoms. The Bertz CT molecular complexity index is 1560. The van der Waals surface area contributed by atoms with Crippen LogP contribution in [-0.4, -0.2) is 38.9 Å². The number of carbonyl (C=O) groups is 1. The molecule has 0 unspecified atom stereocenters. The maximum Gasteiger partial charge on any atom is 0.267 e. The number of hydrogen-bond acceptors (Lipinski definition) is 8. The van der Waals surface area contributed by atoms with Crippen molar-refractivity contribution in [1.82, 2.24) is 25.3 Å². The lowest BCUT2D eigenvalue weighted by atomic mass is 10.00. The third-order valence-electron chi connectivity index (χ3n) is 6.62. The number of rotatable bonds is 7. The molecule has 37 heavy (non-hydrogen) atoms. The number of nitrogens with zero attached hydrogens (tertiary/aromatic N) is 4. The molecule has 6 rings (SSSR count). The molecule has 1 fully saturated rings. The van der Waals surface area contributed by atoms with Crippen LogP contribution in [0.1, 0.15) is 33.8 Å². The number of benzene rings is 1. The Morgan fingerprint density at radius 1 is 1.11 bits per heavy atom. The molecule has 1 saturated heterocycles. The van der Waals surface area contributed by atoms with Crippen LogP contribution in [0.15, 0.2) is 61.1 Å². The van der Waals surface area contributed by atoms with Crippen molar-refractivity contribution < 1.29 is 4.79 Å². The zero-order valence-corrected chi connectivity index (χ0v) is 22.0. The molecule has 9 heteroatoms. The van der Waals surface area contributed by atoms with Gasteiger partial charge in [0.2, 0.25) is 0 Å². The summed E-state index contributed by atoms with van der Waals surface area (Å²) in [7, 11) is 0. The van der Waals surface area contributed by atoms with Gasteiger partial charge in [-0.2, -0.15) is 0 Å². The molecule has 1 aliphatic rings. The van der Waals surface area contributed by atoms with E-state index in [0.29, 0.717) is 10.6 Å². The van der Waals surface area contributed by atoms with Gasteiger partial charge in [-0.05, 0) is 81.1 Å². The predicted octanol–water partition coefficient (Wildman–Crippen LogP) is 5.98. The quantitative estimate of drug-likeness (QED) is 0.271. The molecule has 1 atom stereocenters. The first kappa shape index (κ1) is 23.8. The van der Waals surface area contributed by atoms with E-state index in [1.807, 2.05) is 49.5 Å². The van der Waals surface area contributed by atoms with Crippen LogP contribution in [-0.2, 0) is 6.42 Å². The van der Waals surface area contributed by atoms with Crippen molar-refractivity contribution in [2.45, 2.75) is 26.2 Å². The van der Waals surface area contributed by atoms with E-state index in [9.17, 15) is 4.79 Å². The first-order valence-corrected chi connectivity index (χ1v) is 14.0. The summed E-state index contributed by atoms with van der Waals surface area (Å²) >= 11 is 2.91. The lowest BCUT2D eigenvalue weighted by molar-refractivity contribution is 0.103. The van der Waals surface area contributed by atoms with Crippen LogP contribution < -0.4 is 10.6 Å². The van der Waals surface area contributed by atoms with E-state index in [4.69, 9.17) is 9.97 Å². The summed E-state index contributed by atoms with van der Waals surface area (Å²) < 4.78 is 0. The van der Waals surface area contributed by atoms with Gasteiger partial charge in [0, 0.05) is 29.7 Å². The Kier molecular flexibility index (Phi) is 6.73. The van der Waals surface area contributed by atoms with Gasteiger partial charge in [-0.15, -0.1) is 11.3 Å². The van der Waals surface area contributed by atoms with Crippen molar-refractivity contribution in [3.8, 4) is 21.1 Å². The lowest BCUT2D eigenvalue weighted by Gasteiger charge is -2.08. The molecule has 4 aromatic heterocycles. The summed E-state index contributed by atoms with van der Waals surface area (Å²) in [5, 5.41) is 8.15. The van der Waals surface area contributed by atoms with Gasteiger partial charge in [-0.25, -0.2) is 15.0 Å². The smallest absolute Gasteiger partial charge is 0.267 e. The topological polar surface area (TPSA) is 92.7 Å². The summed E-state index contributed by atoms with van der Waals surface area (Å²) in [6.45, 7) is 4.10. The Morgan fingerprint density at radius 3 is 2.86 bits per heavy atom. The van der Waals surface area contributed by atoms with Crippen LogP contribution >= 0.6 is 22.7 Å². The lowest BCUT2D eigenvalue weighted by Crippen LogP contribution is -2.12. The molecule has 0 radical (unpaired) electrons. The van der Waals surface area contributed by atoms with E-state index in [1.54, 1.807) is 23.7 Å². The van der Waals surface area contributed by atoms with Crippen molar-refractivity contribution in [2.24, 2.45) is 5.92 Å². The minimum atomic E-state index is -0.180. The Labute approximate surface area is 223 Å². The minimum absolute atomic E-state index is 0.180. The molecule has 0 spiro atoms. The second-order valence-corrected chi connectivity index (χ2v) is 11.2. The van der Waals surface area contributed by atoms with Crippen LogP contribution in [0.5, 0.6) is 0 Å². The standard InChI is InChI=1S/C28H26N6OS2/c1-17-24(36-26(32-17)20-5-4-11-29-16-20)25(35)33-22-7-3-2-6-21(22)27-34-23-13-19(15-31-28(23)37-27)9-8-18-10-12-30-14-18/h2-7,11,13,15-16,18,30H,8-10,12,14H2,1H3,(H,33,35)/t18-/m0/s1. The normalized spacial score (nSPS) is 15.3. The Hall–Kier alpha value is -3.53. The van der Waals surface area contributed by atoms with Gasteiger partial charge >= 0.3 is 0 Å². The number of anilines is 1. The van der Waals surface area contributed by atoms with Gasteiger partial charge in [0.25, 0.3) is 5.91 Å². The zero-order valence-electron chi connectivity index (χ0n) is 20.4. The summed E-state index contributed by atoms with van der Waals surface area (Å²) in [6.07, 6.45) is 8.90. The molecule has 0 saturated carbocycles. The fraction of sp³-hybridized carbons (Fsp3) is 0.250. The van der Waals surface area contributed by atoms with Crippen LogP contribution in [0.2, 0.25) is 0 Å². The minimum Gasteiger partial charge on any atom is -0.321 e. The van der Waals surface area contributed by atoms with Gasteiger partial charge < -0.3 is 10.6 Å². The van der Waals surface area contributed by atoms with Crippen molar-refractivity contribution in [1.29, 1.82) is 0 Å². The maximum absolute atomic E-state index is 13.3. The van der Waals surface area contributed by atoms with Crippen molar-refractivity contribution in [3.63, 3.8) is 0 Å². The van der Waals surface area contributed by atoms with Gasteiger partial charge in [0.05, 0.1) is 11.4 Å². The van der Waals surface area contributed by atoms with Gasteiger partial charge in [0.1, 0.15) is 25.2 Å². The highest BCUT2D eigenvalue weighted by Crippen LogP contribution is 2.35. The fourth-order valence-electron chi connectivity index (χ4n) is 4.63. The summed E-state index contributed by atoms with van der Waals surface area (Å²) in [4.78, 5) is 33.1. The van der Waals surface area contributed by atoms with E-state index < -0.39 is 0 Å². The molecule has 5 heterocycles. The second-order valence-electron chi connectivity index (χ2n) is 9.26. The van der Waals surface area contributed by atoms with Gasteiger partial charge in [0.15, 0.2) is 0 Å². The van der Waals surface area contributed by atoms with Crippen molar-refractivity contribution in [2.75, 3.05) is 18.4 Å². The van der Waals surface area contributed by atoms with Gasteiger partial charge in [-0.3, -0.25) is 9.78 Å².